The Morgan fingerprint density at radius 3 is 1.01 bits per heavy atom. The molecule has 4 atom stereocenters. The summed E-state index contributed by atoms with van der Waals surface area (Å²) in [5.41, 5.74) is 3.60. The quantitative estimate of drug-likeness (QED) is 0.0625. The van der Waals surface area contributed by atoms with Crippen LogP contribution in [0.3, 0.4) is 0 Å². The molecule has 4 aromatic carbocycles. The minimum Gasteiger partial charge on any atom is -1.00 e. The minimum atomic E-state index is -3.43. The number of nitrogens with zero attached hydrogens (tertiary/aromatic N) is 2. The van der Waals surface area contributed by atoms with E-state index in [1.165, 1.54) is 42.1 Å². The summed E-state index contributed by atoms with van der Waals surface area (Å²) < 4.78 is 62.7. The van der Waals surface area contributed by atoms with E-state index in [4.69, 9.17) is 9.47 Å². The normalized spacial score (nSPS) is 26.9. The fraction of sp³-hybridized carbons (Fsp3) is 0.594. The molecule has 0 aliphatic heterocycles. The van der Waals surface area contributed by atoms with Crippen molar-refractivity contribution in [1.82, 2.24) is 8.97 Å². The van der Waals surface area contributed by atoms with Crippen molar-refractivity contribution in [3.8, 4) is 0 Å². The molecule has 0 aromatic heterocycles. The van der Waals surface area contributed by atoms with Gasteiger partial charge >= 0.3 is 23.8 Å². The van der Waals surface area contributed by atoms with Gasteiger partial charge in [0.15, 0.2) is 0 Å². The van der Waals surface area contributed by atoms with Crippen LogP contribution in [0.15, 0.2) is 121 Å². The third-order valence-electron chi connectivity index (χ3n) is 17.3. The second-order valence-corrected chi connectivity index (χ2v) is 25.4. The Kier molecular flexibility index (Phi) is 24.1. The molecule has 0 amide bonds. The minimum absolute atomic E-state index is 0. The van der Waals surface area contributed by atoms with Gasteiger partial charge in [0.05, 0.1) is 72.2 Å². The summed E-state index contributed by atoms with van der Waals surface area (Å²) in [4.78, 5) is 24.1. The molecule has 8 aliphatic rings. The number of carbonyl (C=O) groups is 2. The van der Waals surface area contributed by atoms with Crippen molar-refractivity contribution >= 4 is 35.7 Å². The molecule has 4 aromatic rings. The molecule has 8 saturated carbocycles. The van der Waals surface area contributed by atoms with E-state index < -0.39 is 35.0 Å². The SMILES string of the molecule is CC(F)(F)C(=O)OCC12CC3CC(CC(O)(C3)C1)C2.CC(F)(F)C(=O)OCC12CC3CC(CC(O)(C3)C1)C2.CC[NH+](CC)CC.C[N+](C)(Cc1ccccc1)c1ccccc1.C[N+](C)(Cc1ccccc1)c1ccccc1.Cl.[Cl-]. The first-order chi connectivity index (χ1) is 36.1. The van der Waals surface area contributed by atoms with E-state index in [0.717, 1.165) is 86.3 Å². The fourth-order valence-corrected chi connectivity index (χ4v) is 14.5. The van der Waals surface area contributed by atoms with Gasteiger partial charge in [-0.1, -0.05) is 97.1 Å². The Morgan fingerprint density at radius 1 is 0.519 bits per heavy atom. The van der Waals surface area contributed by atoms with Crippen LogP contribution in [-0.4, -0.2) is 106 Å². The van der Waals surface area contributed by atoms with Gasteiger partial charge in [-0.15, -0.1) is 12.4 Å². The Balaban J connectivity index is 0.000000217. The largest absolute Gasteiger partial charge is 1.00 e. The van der Waals surface area contributed by atoms with Crippen LogP contribution in [0.4, 0.5) is 28.9 Å². The van der Waals surface area contributed by atoms with Gasteiger partial charge in [-0.25, -0.2) is 9.59 Å². The molecule has 8 aliphatic carbocycles. The van der Waals surface area contributed by atoms with Crippen molar-refractivity contribution < 1.29 is 64.1 Å². The van der Waals surface area contributed by atoms with E-state index in [0.29, 0.717) is 50.4 Å². The maximum Gasteiger partial charge on any atom is 0.376 e. The van der Waals surface area contributed by atoms with Crippen molar-refractivity contribution in [3.63, 3.8) is 0 Å². The van der Waals surface area contributed by atoms with Gasteiger partial charge in [-0.05, 0) is 146 Å². The van der Waals surface area contributed by atoms with E-state index in [-0.39, 0.29) is 48.9 Å². The van der Waals surface area contributed by atoms with E-state index in [1.807, 2.05) is 0 Å². The number of alkyl halides is 4. The van der Waals surface area contributed by atoms with Crippen LogP contribution in [0.2, 0.25) is 0 Å². The first-order valence-corrected chi connectivity index (χ1v) is 28.3. The lowest BCUT2D eigenvalue weighted by atomic mass is 9.48. The molecule has 3 N–H and O–H groups in total. The highest BCUT2D eigenvalue weighted by molar-refractivity contribution is 5.85. The van der Waals surface area contributed by atoms with Gasteiger partial charge in [0, 0.05) is 35.8 Å². The zero-order valence-electron chi connectivity index (χ0n) is 48.5. The highest BCUT2D eigenvalue weighted by atomic mass is 35.5. The van der Waals surface area contributed by atoms with Crippen LogP contribution in [0, 0.1) is 34.5 Å². The van der Waals surface area contributed by atoms with E-state index >= 15 is 0 Å². The molecule has 4 unspecified atom stereocenters. The van der Waals surface area contributed by atoms with Crippen molar-refractivity contribution in [3.05, 3.63) is 132 Å². The average Bonchev–Trinajstić information content (AvgIpc) is 3.57. The molecule has 9 nitrogen and oxygen atoms in total. The summed E-state index contributed by atoms with van der Waals surface area (Å²) in [6, 6.07) is 42.5. The number of carbonyl (C=O) groups excluding carboxylic acids is 2. The molecule has 0 saturated heterocycles. The van der Waals surface area contributed by atoms with Crippen molar-refractivity contribution in [2.24, 2.45) is 34.5 Å². The summed E-state index contributed by atoms with van der Waals surface area (Å²) in [6.07, 6.45) is 10.3. The zero-order valence-corrected chi connectivity index (χ0v) is 50.1. The highest BCUT2D eigenvalue weighted by Gasteiger charge is 2.59. The number of nitrogens with one attached hydrogen (secondary N) is 1. The number of quaternary nitrogens is 3. The topological polar surface area (TPSA) is 97.5 Å². The summed E-state index contributed by atoms with van der Waals surface area (Å²) in [5, 5.41) is 21.0. The van der Waals surface area contributed by atoms with Crippen molar-refractivity contribution in [2.45, 2.75) is 148 Å². The van der Waals surface area contributed by atoms with Crippen LogP contribution >= 0.6 is 12.4 Å². The van der Waals surface area contributed by atoms with Crippen LogP contribution in [0.25, 0.3) is 0 Å². The molecule has 0 spiro atoms. The van der Waals surface area contributed by atoms with E-state index in [2.05, 4.69) is 170 Å². The number of para-hydroxylation sites is 2. The first-order valence-electron chi connectivity index (χ1n) is 28.3. The number of aliphatic hydroxyl groups is 2. The number of benzene rings is 4. The maximum absolute atomic E-state index is 12.8. The number of rotatable bonds is 15. The van der Waals surface area contributed by atoms with Gasteiger partial charge in [-0.3, -0.25) is 8.97 Å². The van der Waals surface area contributed by atoms with Gasteiger partial charge in [0.1, 0.15) is 24.5 Å². The summed E-state index contributed by atoms with van der Waals surface area (Å²) in [5.74, 6) is -7.90. The number of hydrogen-bond donors (Lipinski definition) is 3. The molecule has 8 bridgehead atoms. The highest BCUT2D eigenvalue weighted by Crippen LogP contribution is 2.63. The summed E-state index contributed by atoms with van der Waals surface area (Å²) in [7, 11) is 8.95. The van der Waals surface area contributed by atoms with E-state index in [9.17, 15) is 37.4 Å². The van der Waals surface area contributed by atoms with Crippen LogP contribution in [-0.2, 0) is 32.2 Å². The fourth-order valence-electron chi connectivity index (χ4n) is 14.5. The second-order valence-electron chi connectivity index (χ2n) is 25.4. The molecular weight excluding hydrogens is 1050 g/mol. The molecule has 8 fully saturated rings. The van der Waals surface area contributed by atoms with Crippen LogP contribution in [0.1, 0.15) is 123 Å². The zero-order chi connectivity index (χ0) is 56.3. The molecule has 0 radical (unpaired) electrons. The third-order valence-corrected chi connectivity index (χ3v) is 17.3. The number of ether oxygens (including phenoxy) is 2. The Hall–Kier alpha value is -4.08. The molecule has 12 rings (SSSR count). The Labute approximate surface area is 482 Å². The van der Waals surface area contributed by atoms with Crippen LogP contribution < -0.4 is 26.3 Å². The van der Waals surface area contributed by atoms with Crippen molar-refractivity contribution in [1.29, 1.82) is 0 Å². The lowest BCUT2D eigenvalue weighted by Gasteiger charge is -2.59. The third kappa shape index (κ3) is 19.5. The summed E-state index contributed by atoms with van der Waals surface area (Å²) in [6.45, 7) is 13.7. The van der Waals surface area contributed by atoms with Gasteiger partial charge in [0.2, 0.25) is 0 Å². The van der Waals surface area contributed by atoms with E-state index in [1.54, 1.807) is 4.90 Å². The summed E-state index contributed by atoms with van der Waals surface area (Å²) >= 11 is 0. The van der Waals surface area contributed by atoms with Crippen LogP contribution in [0.5, 0.6) is 0 Å². The Morgan fingerprint density at radius 2 is 0.785 bits per heavy atom. The average molecular weight is 1150 g/mol. The number of esters is 2. The van der Waals surface area contributed by atoms with Gasteiger partial charge in [-0.2, -0.15) is 17.6 Å². The lowest BCUT2D eigenvalue weighted by molar-refractivity contribution is -0.894. The number of halogens is 6. The standard InChI is InChI=1S/2C15H18N.2C14H20F2O3.C6H15N.2ClH/c2*1-16(2,15-11-7-4-8-12-15)13-14-9-5-3-6-10-14;2*1-12(15,16)11(17)19-8-13-3-9-2-10(4-13)6-14(18,5-9)7-13;1-4-7(5-2)6-3;;/h2*3-12H,13H2,1-2H3;2*9-10,18H,2-8H2,1H3;4-6H2,1-3H3;2*1H/q2*+1;;;;;. The monoisotopic (exact) mass is 1150 g/mol. The smallest absolute Gasteiger partial charge is 0.376 e. The molecule has 79 heavy (non-hydrogen) atoms. The van der Waals surface area contributed by atoms with Crippen molar-refractivity contribution in [2.75, 3.05) is 61.0 Å². The van der Waals surface area contributed by atoms with Gasteiger partial charge < -0.3 is 37.0 Å². The molecule has 0 heterocycles. The molecular formula is C64H93Cl2F4N3O6+2. The number of hydrogen-bond acceptors (Lipinski definition) is 6. The Bertz CT molecular complexity index is 2260. The van der Waals surface area contributed by atoms with Gasteiger partial charge in [0.25, 0.3) is 0 Å². The lowest BCUT2D eigenvalue weighted by Crippen LogP contribution is -3.11. The first kappa shape index (κ1) is 67.4. The second kappa shape index (κ2) is 28.3. The predicted molar refractivity (Wildman–Crippen MR) is 308 cm³/mol. The maximum atomic E-state index is 12.8. The predicted octanol–water partition coefficient (Wildman–Crippen LogP) is 9.30. The molecule has 15 heteroatoms. The molecule has 440 valence electrons.